The molecule has 1 saturated carbocycles. The predicted octanol–water partition coefficient (Wildman–Crippen LogP) is 2.76. The summed E-state index contributed by atoms with van der Waals surface area (Å²) in [6.45, 7) is 6.74. The van der Waals surface area contributed by atoms with Crippen LogP contribution in [0, 0.1) is 13.8 Å². The molecule has 2 aliphatic rings. The first kappa shape index (κ1) is 18.2. The maximum Gasteiger partial charge on any atom is 0.245 e. The van der Waals surface area contributed by atoms with Gasteiger partial charge < -0.3 is 4.90 Å². The molecule has 2 fully saturated rings. The highest BCUT2D eigenvalue weighted by Crippen LogP contribution is 2.34. The largest absolute Gasteiger partial charge is 0.334 e. The fraction of sp³-hybridized carbons (Fsp3) is 0.571. The minimum atomic E-state index is -0.223. The minimum absolute atomic E-state index is 0.218. The quantitative estimate of drug-likeness (QED) is 0.788. The third kappa shape index (κ3) is 3.63. The van der Waals surface area contributed by atoms with Crippen molar-refractivity contribution in [3.05, 3.63) is 47.0 Å². The van der Waals surface area contributed by atoms with Crippen molar-refractivity contribution in [1.82, 2.24) is 24.6 Å². The molecule has 0 spiro atoms. The minimum Gasteiger partial charge on any atom is -0.334 e. The zero-order chi connectivity index (χ0) is 19.0. The van der Waals surface area contributed by atoms with Crippen LogP contribution >= 0.6 is 0 Å². The summed E-state index contributed by atoms with van der Waals surface area (Å²) in [5.74, 6) is 0.218. The number of aromatic nitrogens is 3. The first-order valence-electron chi connectivity index (χ1n) is 10.00. The average molecular weight is 367 g/mol. The van der Waals surface area contributed by atoms with Crippen molar-refractivity contribution in [2.75, 3.05) is 13.1 Å². The molecule has 0 aromatic carbocycles. The third-order valence-corrected chi connectivity index (χ3v) is 6.00. The normalized spacial score (nSPS) is 18.6. The molecule has 1 amide bonds. The third-order valence-electron chi connectivity index (χ3n) is 6.00. The molecule has 6 heteroatoms. The van der Waals surface area contributed by atoms with E-state index in [0.717, 1.165) is 55.7 Å². The SMILES string of the molecule is Cc1nn(C)c(C)c1CN(C(=O)C(c1cccnc1)N1CCCC1)C1CC1. The molecule has 144 valence electrons. The number of hydrogen-bond acceptors (Lipinski definition) is 4. The standard InChI is InChI=1S/C21H29N5O/c1-15-19(16(2)24(3)23-15)14-26(18-8-9-18)21(27)20(25-11-4-5-12-25)17-7-6-10-22-13-17/h6-7,10,13,18,20H,4-5,8-9,11-12,14H2,1-3H3. The van der Waals surface area contributed by atoms with Crippen LogP contribution in [-0.4, -0.2) is 49.6 Å². The number of pyridine rings is 1. The van der Waals surface area contributed by atoms with E-state index in [2.05, 4.69) is 26.8 Å². The highest BCUT2D eigenvalue weighted by atomic mass is 16.2. The van der Waals surface area contributed by atoms with Gasteiger partial charge in [-0.05, 0) is 64.3 Å². The zero-order valence-corrected chi connectivity index (χ0v) is 16.6. The van der Waals surface area contributed by atoms with E-state index in [4.69, 9.17) is 0 Å². The molecule has 27 heavy (non-hydrogen) atoms. The summed E-state index contributed by atoms with van der Waals surface area (Å²) in [6, 6.07) is 4.11. The number of carbonyl (C=O) groups excluding carboxylic acids is 1. The number of aryl methyl sites for hydroxylation is 2. The van der Waals surface area contributed by atoms with Crippen LogP contribution in [0.3, 0.4) is 0 Å². The van der Waals surface area contributed by atoms with Crippen LogP contribution in [0.2, 0.25) is 0 Å². The van der Waals surface area contributed by atoms with E-state index in [1.807, 2.05) is 37.0 Å². The summed E-state index contributed by atoms with van der Waals surface area (Å²) in [7, 11) is 1.97. The molecule has 0 bridgehead atoms. The van der Waals surface area contributed by atoms with Crippen molar-refractivity contribution in [1.29, 1.82) is 0 Å². The van der Waals surface area contributed by atoms with Gasteiger partial charge in [-0.2, -0.15) is 5.10 Å². The zero-order valence-electron chi connectivity index (χ0n) is 16.6. The predicted molar refractivity (Wildman–Crippen MR) is 104 cm³/mol. The fourth-order valence-electron chi connectivity index (χ4n) is 4.19. The van der Waals surface area contributed by atoms with Crippen molar-refractivity contribution in [3.63, 3.8) is 0 Å². The van der Waals surface area contributed by atoms with E-state index >= 15 is 0 Å². The van der Waals surface area contributed by atoms with Gasteiger partial charge in [0, 0.05) is 43.3 Å². The number of nitrogens with zero attached hydrogens (tertiary/aromatic N) is 5. The van der Waals surface area contributed by atoms with Crippen LogP contribution in [0.4, 0.5) is 0 Å². The summed E-state index contributed by atoms with van der Waals surface area (Å²) < 4.78 is 1.92. The van der Waals surface area contributed by atoms with Crippen LogP contribution in [-0.2, 0) is 18.4 Å². The molecule has 0 N–H and O–H groups in total. The summed E-state index contributed by atoms with van der Waals surface area (Å²) in [6.07, 6.45) is 8.15. The van der Waals surface area contributed by atoms with Crippen LogP contribution in [0.25, 0.3) is 0 Å². The molecule has 4 rings (SSSR count). The van der Waals surface area contributed by atoms with Crippen LogP contribution in [0.1, 0.15) is 54.2 Å². The first-order valence-corrected chi connectivity index (χ1v) is 10.00. The lowest BCUT2D eigenvalue weighted by Gasteiger charge is -2.33. The molecule has 1 aliphatic heterocycles. The Balaban J connectivity index is 1.65. The van der Waals surface area contributed by atoms with Gasteiger partial charge in [0.15, 0.2) is 0 Å². The van der Waals surface area contributed by atoms with Crippen LogP contribution in [0.15, 0.2) is 24.5 Å². The number of rotatable bonds is 6. The molecule has 2 aromatic heterocycles. The Hall–Kier alpha value is -2.21. The van der Waals surface area contributed by atoms with Crippen molar-refractivity contribution in [3.8, 4) is 0 Å². The maximum atomic E-state index is 13.8. The molecular formula is C21H29N5O. The van der Waals surface area contributed by atoms with Gasteiger partial charge in [0.05, 0.1) is 5.69 Å². The lowest BCUT2D eigenvalue weighted by molar-refractivity contribution is -0.138. The van der Waals surface area contributed by atoms with Gasteiger partial charge in [-0.3, -0.25) is 19.4 Å². The van der Waals surface area contributed by atoms with Gasteiger partial charge >= 0.3 is 0 Å². The van der Waals surface area contributed by atoms with E-state index in [1.54, 1.807) is 6.20 Å². The van der Waals surface area contributed by atoms with Crippen LogP contribution < -0.4 is 0 Å². The highest BCUT2D eigenvalue weighted by Gasteiger charge is 2.40. The van der Waals surface area contributed by atoms with Gasteiger partial charge in [0.1, 0.15) is 6.04 Å². The average Bonchev–Trinajstić information content (AvgIpc) is 3.31. The Morgan fingerprint density at radius 3 is 2.59 bits per heavy atom. The molecule has 2 aromatic rings. The number of amides is 1. The summed E-state index contributed by atoms with van der Waals surface area (Å²) in [4.78, 5) is 22.5. The number of likely N-dealkylation sites (tertiary alicyclic amines) is 1. The molecule has 0 radical (unpaired) electrons. The monoisotopic (exact) mass is 367 g/mol. The molecule has 1 atom stereocenters. The van der Waals surface area contributed by atoms with Crippen LogP contribution in [0.5, 0.6) is 0 Å². The summed E-state index contributed by atoms with van der Waals surface area (Å²) in [5.41, 5.74) is 4.36. The van der Waals surface area contributed by atoms with Crippen molar-refractivity contribution < 1.29 is 4.79 Å². The molecule has 6 nitrogen and oxygen atoms in total. The second kappa shape index (κ2) is 7.43. The first-order chi connectivity index (χ1) is 13.1. The molecule has 1 unspecified atom stereocenters. The van der Waals surface area contributed by atoms with E-state index in [0.29, 0.717) is 12.6 Å². The van der Waals surface area contributed by atoms with E-state index in [9.17, 15) is 4.79 Å². The van der Waals surface area contributed by atoms with Gasteiger partial charge in [-0.25, -0.2) is 0 Å². The maximum absolute atomic E-state index is 13.8. The number of hydrogen-bond donors (Lipinski definition) is 0. The summed E-state index contributed by atoms with van der Waals surface area (Å²) in [5, 5.41) is 4.54. The van der Waals surface area contributed by atoms with E-state index < -0.39 is 0 Å². The fourth-order valence-corrected chi connectivity index (χ4v) is 4.19. The number of carbonyl (C=O) groups is 1. The molecule has 1 aliphatic carbocycles. The summed E-state index contributed by atoms with van der Waals surface area (Å²) >= 11 is 0. The molecule has 3 heterocycles. The lowest BCUT2D eigenvalue weighted by Crippen LogP contribution is -2.43. The van der Waals surface area contributed by atoms with Gasteiger partial charge in [0.2, 0.25) is 5.91 Å². The lowest BCUT2D eigenvalue weighted by atomic mass is 10.0. The molecule has 1 saturated heterocycles. The van der Waals surface area contributed by atoms with E-state index in [-0.39, 0.29) is 11.9 Å². The van der Waals surface area contributed by atoms with Gasteiger partial charge in [-0.15, -0.1) is 0 Å². The Morgan fingerprint density at radius 2 is 2.04 bits per heavy atom. The van der Waals surface area contributed by atoms with Crippen molar-refractivity contribution in [2.45, 2.75) is 58.2 Å². The smallest absolute Gasteiger partial charge is 0.245 e. The van der Waals surface area contributed by atoms with Gasteiger partial charge in [0.25, 0.3) is 0 Å². The Morgan fingerprint density at radius 1 is 1.30 bits per heavy atom. The van der Waals surface area contributed by atoms with Gasteiger partial charge in [-0.1, -0.05) is 6.07 Å². The van der Waals surface area contributed by atoms with Crippen molar-refractivity contribution >= 4 is 5.91 Å². The topological polar surface area (TPSA) is 54.3 Å². The molecular weight excluding hydrogens is 338 g/mol. The highest BCUT2D eigenvalue weighted by molar-refractivity contribution is 5.84. The Labute approximate surface area is 161 Å². The second-order valence-corrected chi connectivity index (χ2v) is 7.90. The second-order valence-electron chi connectivity index (χ2n) is 7.90. The Bertz CT molecular complexity index is 805. The Kier molecular flexibility index (Phi) is 5.00. The van der Waals surface area contributed by atoms with Crippen molar-refractivity contribution in [2.24, 2.45) is 7.05 Å². The van der Waals surface area contributed by atoms with E-state index in [1.165, 1.54) is 5.56 Å².